The molecule has 1 saturated heterocycles. The molecule has 1 unspecified atom stereocenters. The summed E-state index contributed by atoms with van der Waals surface area (Å²) in [6.45, 7) is 4.94. The summed E-state index contributed by atoms with van der Waals surface area (Å²) in [7, 11) is -3.91. The van der Waals surface area contributed by atoms with E-state index in [1.54, 1.807) is 41.0 Å². The molecule has 2 aromatic rings. The van der Waals surface area contributed by atoms with Crippen LogP contribution in [0.25, 0.3) is 0 Å². The van der Waals surface area contributed by atoms with Crippen LogP contribution in [0, 0.1) is 11.7 Å². The van der Waals surface area contributed by atoms with E-state index in [4.69, 9.17) is 0 Å². The van der Waals surface area contributed by atoms with Gasteiger partial charge in [-0.25, -0.2) is 12.8 Å². The molecule has 2 aromatic carbocycles. The molecule has 0 bridgehead atoms. The number of piperidine rings is 1. The number of nitrogens with zero attached hydrogens (tertiary/aromatic N) is 3. The Balaban J connectivity index is 1.59. The molecular weight excluding hydrogens is 537 g/mol. The van der Waals surface area contributed by atoms with Crippen LogP contribution in [0.15, 0.2) is 45.8 Å². The number of sulfonamides is 1. The fourth-order valence-electron chi connectivity index (χ4n) is 4.84. The van der Waals surface area contributed by atoms with Crippen molar-refractivity contribution in [2.45, 2.75) is 44.4 Å². The fraction of sp³-hybridized carbons (Fsp3) is 0.440. The molecule has 4 rings (SSSR count). The summed E-state index contributed by atoms with van der Waals surface area (Å²) in [5.41, 5.74) is 2.15. The molecule has 2 heterocycles. The van der Waals surface area contributed by atoms with Crippen molar-refractivity contribution in [3.8, 4) is 0 Å². The number of amides is 2. The highest BCUT2D eigenvalue weighted by Gasteiger charge is 2.37. The highest BCUT2D eigenvalue weighted by atomic mass is 79.9. The van der Waals surface area contributed by atoms with Gasteiger partial charge in [0.05, 0.1) is 10.8 Å². The molecule has 1 atom stereocenters. The molecule has 188 valence electrons. The van der Waals surface area contributed by atoms with Crippen LogP contribution in [0.4, 0.5) is 15.8 Å². The number of halogens is 2. The van der Waals surface area contributed by atoms with Crippen molar-refractivity contribution in [1.29, 1.82) is 0 Å². The number of anilines is 2. The number of benzene rings is 2. The molecule has 0 saturated carbocycles. The lowest BCUT2D eigenvalue weighted by atomic mass is 9.97. The quantitative estimate of drug-likeness (QED) is 0.522. The fourth-order valence-corrected chi connectivity index (χ4v) is 7.44. The van der Waals surface area contributed by atoms with Crippen LogP contribution < -0.4 is 9.80 Å². The molecule has 0 radical (unpaired) electrons. The minimum absolute atomic E-state index is 0.0431. The van der Waals surface area contributed by atoms with Gasteiger partial charge >= 0.3 is 0 Å². The molecule has 35 heavy (non-hydrogen) atoms. The molecule has 7 nitrogen and oxygen atoms in total. The average molecular weight is 566 g/mol. The predicted octanol–water partition coefficient (Wildman–Crippen LogP) is 4.34. The Morgan fingerprint density at radius 3 is 2.51 bits per heavy atom. The topological polar surface area (TPSA) is 78.0 Å². The van der Waals surface area contributed by atoms with Crippen LogP contribution in [-0.4, -0.2) is 50.7 Å². The van der Waals surface area contributed by atoms with Crippen molar-refractivity contribution >= 4 is 49.1 Å². The number of rotatable bonds is 6. The first kappa shape index (κ1) is 25.8. The number of fused-ring (bicyclic) bond motifs is 1. The van der Waals surface area contributed by atoms with E-state index in [1.165, 1.54) is 16.4 Å². The van der Waals surface area contributed by atoms with Gasteiger partial charge in [-0.3, -0.25) is 9.59 Å². The minimum atomic E-state index is -3.91. The van der Waals surface area contributed by atoms with Gasteiger partial charge in [0.1, 0.15) is 5.82 Å². The minimum Gasteiger partial charge on any atom is -0.312 e. The smallest absolute Gasteiger partial charge is 0.244 e. The number of hydrogen-bond donors (Lipinski definition) is 0. The molecule has 0 N–H and O–H groups in total. The summed E-state index contributed by atoms with van der Waals surface area (Å²) >= 11 is 3.43. The van der Waals surface area contributed by atoms with Crippen molar-refractivity contribution in [3.63, 3.8) is 0 Å². The Morgan fingerprint density at radius 2 is 1.86 bits per heavy atom. The van der Waals surface area contributed by atoms with E-state index in [9.17, 15) is 22.4 Å². The summed E-state index contributed by atoms with van der Waals surface area (Å²) in [5.74, 6) is -1.11. The Labute approximate surface area is 214 Å². The summed E-state index contributed by atoms with van der Waals surface area (Å²) in [5, 5.41) is 0. The van der Waals surface area contributed by atoms with Crippen LogP contribution >= 0.6 is 15.9 Å². The molecule has 2 aliphatic rings. The van der Waals surface area contributed by atoms with E-state index in [1.807, 2.05) is 6.92 Å². The van der Waals surface area contributed by atoms with Crippen LogP contribution in [0.5, 0.6) is 0 Å². The summed E-state index contributed by atoms with van der Waals surface area (Å²) in [6, 6.07) is 9.09. The van der Waals surface area contributed by atoms with Gasteiger partial charge in [-0.1, -0.05) is 6.92 Å². The van der Waals surface area contributed by atoms with Gasteiger partial charge in [-0.05, 0) is 84.1 Å². The van der Waals surface area contributed by atoms with Gasteiger partial charge in [-0.15, -0.1) is 0 Å². The van der Waals surface area contributed by atoms with E-state index in [0.717, 1.165) is 5.56 Å². The molecule has 0 aliphatic carbocycles. The van der Waals surface area contributed by atoms with Crippen molar-refractivity contribution in [1.82, 2.24) is 4.31 Å². The maximum atomic E-state index is 13.7. The van der Waals surface area contributed by atoms with Crippen molar-refractivity contribution in [3.05, 3.63) is 52.3 Å². The normalized spacial score (nSPS) is 18.4. The van der Waals surface area contributed by atoms with Gasteiger partial charge in [0, 0.05) is 48.4 Å². The molecular formula is C25H29BrFN3O4S. The molecule has 0 spiro atoms. The molecule has 2 aliphatic heterocycles. The average Bonchev–Trinajstić information content (AvgIpc) is 3.27. The first-order valence-electron chi connectivity index (χ1n) is 11.9. The summed E-state index contributed by atoms with van der Waals surface area (Å²) < 4.78 is 42.6. The second-order valence-corrected chi connectivity index (χ2v) is 11.6. The van der Waals surface area contributed by atoms with Crippen LogP contribution in [-0.2, 0) is 26.0 Å². The third-order valence-electron chi connectivity index (χ3n) is 6.70. The molecule has 1 fully saturated rings. The second-order valence-electron chi connectivity index (χ2n) is 8.82. The maximum absolute atomic E-state index is 13.7. The van der Waals surface area contributed by atoms with Crippen molar-refractivity contribution < 1.29 is 22.4 Å². The predicted molar refractivity (Wildman–Crippen MR) is 136 cm³/mol. The van der Waals surface area contributed by atoms with Gasteiger partial charge in [0.2, 0.25) is 21.8 Å². The van der Waals surface area contributed by atoms with E-state index < -0.39 is 15.9 Å². The molecule has 10 heteroatoms. The van der Waals surface area contributed by atoms with E-state index in [0.29, 0.717) is 61.2 Å². The third kappa shape index (κ3) is 5.01. The highest BCUT2D eigenvalue weighted by molar-refractivity contribution is 9.10. The monoisotopic (exact) mass is 565 g/mol. The Kier molecular flexibility index (Phi) is 7.63. The zero-order valence-electron chi connectivity index (χ0n) is 19.8. The summed E-state index contributed by atoms with van der Waals surface area (Å²) in [4.78, 5) is 29.0. The van der Waals surface area contributed by atoms with Gasteiger partial charge in [0.25, 0.3) is 0 Å². The zero-order chi connectivity index (χ0) is 25.3. The second kappa shape index (κ2) is 10.4. The van der Waals surface area contributed by atoms with Crippen molar-refractivity contribution in [2.75, 3.05) is 36.0 Å². The van der Waals surface area contributed by atoms with Crippen LogP contribution in [0.1, 0.15) is 38.7 Å². The largest absolute Gasteiger partial charge is 0.312 e. The Bertz CT molecular complexity index is 1240. The Morgan fingerprint density at radius 1 is 1.14 bits per heavy atom. The van der Waals surface area contributed by atoms with Crippen molar-refractivity contribution in [2.24, 2.45) is 5.92 Å². The lowest BCUT2D eigenvalue weighted by Gasteiger charge is -2.34. The van der Waals surface area contributed by atoms with Gasteiger partial charge in [0.15, 0.2) is 0 Å². The van der Waals surface area contributed by atoms with Crippen LogP contribution in [0.3, 0.4) is 0 Å². The third-order valence-corrected chi connectivity index (χ3v) is 9.53. The first-order valence-corrected chi connectivity index (χ1v) is 14.1. The zero-order valence-corrected chi connectivity index (χ0v) is 22.2. The lowest BCUT2D eigenvalue weighted by Crippen LogP contribution is -2.47. The molecule has 0 aromatic heterocycles. The van der Waals surface area contributed by atoms with E-state index >= 15 is 0 Å². The maximum Gasteiger partial charge on any atom is 0.244 e. The van der Waals surface area contributed by atoms with Crippen LogP contribution in [0.2, 0.25) is 0 Å². The number of carbonyl (C=O) groups excluding carboxylic acids is 2. The SMILES string of the molecule is CCC(=O)N1CCc2cc(Br)c(S(=O)(=O)N3CCCC(C(=O)N(CC)c4ccc(F)cc4)C3)cc21. The van der Waals surface area contributed by atoms with E-state index in [2.05, 4.69) is 15.9 Å². The molecule has 2 amide bonds. The summed E-state index contributed by atoms with van der Waals surface area (Å²) in [6.07, 6.45) is 2.15. The van der Waals surface area contributed by atoms with Gasteiger partial charge < -0.3 is 9.80 Å². The standard InChI is InChI=1S/C25H29BrFN3O4S/c1-3-24(31)30-13-11-17-14-21(26)23(15-22(17)30)35(33,34)28-12-5-6-18(16-28)25(32)29(4-2)20-9-7-19(27)8-10-20/h7-10,14-15,18H,3-6,11-13,16H2,1-2H3. The highest BCUT2D eigenvalue weighted by Crippen LogP contribution is 2.38. The van der Waals surface area contributed by atoms with Gasteiger partial charge in [-0.2, -0.15) is 4.31 Å². The first-order chi connectivity index (χ1) is 16.7. The number of carbonyl (C=O) groups is 2. The number of hydrogen-bond acceptors (Lipinski definition) is 4. The Hall–Kier alpha value is -2.30. The van der Waals surface area contributed by atoms with E-state index in [-0.39, 0.29) is 29.1 Å². The lowest BCUT2D eigenvalue weighted by molar-refractivity contribution is -0.123.